The molecule has 0 saturated carbocycles. The maximum Gasteiger partial charge on any atom is 0.227 e. The summed E-state index contributed by atoms with van der Waals surface area (Å²) in [6.45, 7) is 5.41. The molecule has 1 heterocycles. The van der Waals surface area contributed by atoms with Gasteiger partial charge in [0.25, 0.3) is 0 Å². The molecule has 1 saturated heterocycles. The zero-order valence-corrected chi connectivity index (χ0v) is 15.6. The predicted octanol–water partition coefficient (Wildman–Crippen LogP) is 2.78. The first-order chi connectivity index (χ1) is 12.0. The van der Waals surface area contributed by atoms with Crippen molar-refractivity contribution in [3.8, 4) is 5.75 Å². The summed E-state index contributed by atoms with van der Waals surface area (Å²) in [5.74, 6) is 0.820. The standard InChI is InChI=1S/C20H30N2O3/c1-4-7-15(2)21-20(24)17-9-6-11-22(14-17)19(23)13-16-8-5-10-18(12-16)25-3/h5,8,10,12,15,17H,4,6-7,9,11,13-14H2,1-3H3,(H,21,24)/t15-,17+/m1/s1. The molecular weight excluding hydrogens is 316 g/mol. The SMILES string of the molecule is CCC[C@@H](C)NC(=O)[C@H]1CCCN(C(=O)Cc2cccc(OC)c2)C1. The molecule has 138 valence electrons. The minimum Gasteiger partial charge on any atom is -0.497 e. The van der Waals surface area contributed by atoms with Crippen LogP contribution < -0.4 is 10.1 Å². The maximum atomic E-state index is 12.6. The van der Waals surface area contributed by atoms with E-state index < -0.39 is 0 Å². The van der Waals surface area contributed by atoms with Gasteiger partial charge in [-0.3, -0.25) is 9.59 Å². The first-order valence-electron chi connectivity index (χ1n) is 9.24. The second-order valence-corrected chi connectivity index (χ2v) is 6.91. The second kappa shape index (κ2) is 9.44. The molecule has 5 nitrogen and oxygen atoms in total. The van der Waals surface area contributed by atoms with Crippen LogP contribution in [0.3, 0.4) is 0 Å². The summed E-state index contributed by atoms with van der Waals surface area (Å²) in [5, 5.41) is 3.08. The van der Waals surface area contributed by atoms with Crippen molar-refractivity contribution >= 4 is 11.8 Å². The minimum atomic E-state index is -0.0951. The van der Waals surface area contributed by atoms with E-state index in [1.54, 1.807) is 7.11 Å². The molecule has 1 aromatic carbocycles. The fourth-order valence-electron chi connectivity index (χ4n) is 3.35. The molecule has 0 unspecified atom stereocenters. The predicted molar refractivity (Wildman–Crippen MR) is 98.5 cm³/mol. The van der Waals surface area contributed by atoms with Crippen molar-refractivity contribution in [2.75, 3.05) is 20.2 Å². The third kappa shape index (κ3) is 5.76. The maximum absolute atomic E-state index is 12.6. The number of carbonyl (C=O) groups excluding carboxylic acids is 2. The summed E-state index contributed by atoms with van der Waals surface area (Å²) in [7, 11) is 1.62. The van der Waals surface area contributed by atoms with E-state index in [4.69, 9.17) is 4.74 Å². The van der Waals surface area contributed by atoms with Crippen LogP contribution in [0.5, 0.6) is 5.75 Å². The summed E-state index contributed by atoms with van der Waals surface area (Å²) >= 11 is 0. The van der Waals surface area contributed by atoms with E-state index >= 15 is 0 Å². The Morgan fingerprint density at radius 2 is 2.20 bits per heavy atom. The van der Waals surface area contributed by atoms with E-state index in [0.29, 0.717) is 13.0 Å². The highest BCUT2D eigenvalue weighted by atomic mass is 16.5. The number of carbonyl (C=O) groups is 2. The average Bonchev–Trinajstić information content (AvgIpc) is 2.62. The lowest BCUT2D eigenvalue weighted by atomic mass is 9.96. The third-order valence-corrected chi connectivity index (χ3v) is 4.74. The van der Waals surface area contributed by atoms with Gasteiger partial charge in [0.2, 0.25) is 11.8 Å². The fourth-order valence-corrected chi connectivity index (χ4v) is 3.35. The molecule has 2 atom stereocenters. The highest BCUT2D eigenvalue weighted by Gasteiger charge is 2.28. The monoisotopic (exact) mass is 346 g/mol. The average molecular weight is 346 g/mol. The van der Waals surface area contributed by atoms with Crippen molar-refractivity contribution in [1.82, 2.24) is 10.2 Å². The van der Waals surface area contributed by atoms with E-state index in [9.17, 15) is 9.59 Å². The second-order valence-electron chi connectivity index (χ2n) is 6.91. The summed E-state index contributed by atoms with van der Waals surface area (Å²) in [4.78, 5) is 26.9. The van der Waals surface area contributed by atoms with Crippen LogP contribution in [0.4, 0.5) is 0 Å². The number of benzene rings is 1. The van der Waals surface area contributed by atoms with Crippen LogP contribution in [0.2, 0.25) is 0 Å². The first-order valence-corrected chi connectivity index (χ1v) is 9.24. The lowest BCUT2D eigenvalue weighted by Crippen LogP contribution is -2.47. The van der Waals surface area contributed by atoms with Crippen LogP contribution in [0.15, 0.2) is 24.3 Å². The van der Waals surface area contributed by atoms with Gasteiger partial charge in [0.1, 0.15) is 5.75 Å². The van der Waals surface area contributed by atoms with Gasteiger partial charge < -0.3 is 15.0 Å². The quantitative estimate of drug-likeness (QED) is 0.826. The Kier molecular flexibility index (Phi) is 7.29. The van der Waals surface area contributed by atoms with Crippen molar-refractivity contribution in [2.24, 2.45) is 5.92 Å². The largest absolute Gasteiger partial charge is 0.497 e. The number of nitrogens with one attached hydrogen (secondary N) is 1. The van der Waals surface area contributed by atoms with Crippen LogP contribution in [0.25, 0.3) is 0 Å². The highest BCUT2D eigenvalue weighted by molar-refractivity contribution is 5.82. The molecule has 1 N–H and O–H groups in total. The van der Waals surface area contributed by atoms with E-state index in [1.807, 2.05) is 36.1 Å². The highest BCUT2D eigenvalue weighted by Crippen LogP contribution is 2.19. The Balaban J connectivity index is 1.91. The number of hydrogen-bond acceptors (Lipinski definition) is 3. The summed E-state index contributed by atoms with van der Waals surface area (Å²) in [5.41, 5.74) is 0.937. The van der Waals surface area contributed by atoms with Crippen molar-refractivity contribution in [3.63, 3.8) is 0 Å². The number of methoxy groups -OCH3 is 1. The normalized spacial score (nSPS) is 18.5. The molecule has 25 heavy (non-hydrogen) atoms. The van der Waals surface area contributed by atoms with Crippen LogP contribution >= 0.6 is 0 Å². The molecule has 2 rings (SSSR count). The number of hydrogen-bond donors (Lipinski definition) is 1. The smallest absolute Gasteiger partial charge is 0.227 e. The number of likely N-dealkylation sites (tertiary alicyclic amines) is 1. The zero-order valence-electron chi connectivity index (χ0n) is 15.6. The van der Waals surface area contributed by atoms with E-state index in [2.05, 4.69) is 12.2 Å². The first kappa shape index (κ1) is 19.3. The lowest BCUT2D eigenvalue weighted by molar-refractivity contribution is -0.135. The Morgan fingerprint density at radius 1 is 1.40 bits per heavy atom. The van der Waals surface area contributed by atoms with Crippen LogP contribution in [0.1, 0.15) is 45.1 Å². The number of ether oxygens (including phenoxy) is 1. The number of amides is 2. The van der Waals surface area contributed by atoms with Gasteiger partial charge in [0.05, 0.1) is 19.4 Å². The van der Waals surface area contributed by atoms with Gasteiger partial charge in [-0.15, -0.1) is 0 Å². The molecule has 0 radical (unpaired) electrons. The summed E-state index contributed by atoms with van der Waals surface area (Å²) in [6, 6.07) is 7.77. The molecule has 0 aromatic heterocycles. The molecular formula is C20H30N2O3. The molecule has 1 fully saturated rings. The van der Waals surface area contributed by atoms with Gasteiger partial charge in [-0.2, -0.15) is 0 Å². The molecule has 0 spiro atoms. The molecule has 1 aliphatic rings. The van der Waals surface area contributed by atoms with Crippen molar-refractivity contribution < 1.29 is 14.3 Å². The Labute approximate surface area is 150 Å². The number of piperidine rings is 1. The fraction of sp³-hybridized carbons (Fsp3) is 0.600. The van der Waals surface area contributed by atoms with Gasteiger partial charge in [-0.05, 0) is 43.9 Å². The lowest BCUT2D eigenvalue weighted by Gasteiger charge is -2.32. The number of nitrogens with zero attached hydrogens (tertiary/aromatic N) is 1. The topological polar surface area (TPSA) is 58.6 Å². The molecule has 5 heteroatoms. The van der Waals surface area contributed by atoms with E-state index in [-0.39, 0.29) is 23.8 Å². The van der Waals surface area contributed by atoms with Crippen molar-refractivity contribution in [1.29, 1.82) is 0 Å². The van der Waals surface area contributed by atoms with Gasteiger partial charge in [0, 0.05) is 19.1 Å². The Hall–Kier alpha value is -2.04. The zero-order chi connectivity index (χ0) is 18.2. The Morgan fingerprint density at radius 3 is 2.92 bits per heavy atom. The van der Waals surface area contributed by atoms with Crippen LogP contribution in [-0.2, 0) is 16.0 Å². The Bertz CT molecular complexity index is 588. The van der Waals surface area contributed by atoms with Gasteiger partial charge in [0.15, 0.2) is 0 Å². The molecule has 2 amide bonds. The van der Waals surface area contributed by atoms with Gasteiger partial charge in [-0.1, -0.05) is 25.5 Å². The molecule has 0 aliphatic carbocycles. The van der Waals surface area contributed by atoms with Crippen molar-refractivity contribution in [3.05, 3.63) is 29.8 Å². The van der Waals surface area contributed by atoms with Gasteiger partial charge in [-0.25, -0.2) is 0 Å². The third-order valence-electron chi connectivity index (χ3n) is 4.74. The summed E-state index contributed by atoms with van der Waals surface area (Å²) < 4.78 is 5.21. The molecule has 1 aliphatic heterocycles. The van der Waals surface area contributed by atoms with Crippen LogP contribution in [0, 0.1) is 5.92 Å². The van der Waals surface area contributed by atoms with Crippen LogP contribution in [-0.4, -0.2) is 43.0 Å². The summed E-state index contributed by atoms with van der Waals surface area (Å²) in [6.07, 6.45) is 4.11. The minimum absolute atomic E-state index is 0.0763. The molecule has 0 bridgehead atoms. The molecule has 1 aromatic rings. The van der Waals surface area contributed by atoms with E-state index in [1.165, 1.54) is 0 Å². The van der Waals surface area contributed by atoms with Crippen molar-refractivity contribution in [2.45, 2.75) is 52.0 Å². The number of rotatable bonds is 7. The van der Waals surface area contributed by atoms with E-state index in [0.717, 1.165) is 43.5 Å². The van der Waals surface area contributed by atoms with Gasteiger partial charge >= 0.3 is 0 Å².